The third kappa shape index (κ3) is 4.31. The van der Waals surface area contributed by atoms with Crippen molar-refractivity contribution in [2.45, 2.75) is 33.3 Å². The summed E-state index contributed by atoms with van der Waals surface area (Å²) < 4.78 is 15.8. The van der Waals surface area contributed by atoms with E-state index in [0.29, 0.717) is 11.4 Å². The molecule has 3 rings (SSSR count). The van der Waals surface area contributed by atoms with E-state index in [-0.39, 0.29) is 11.7 Å². The number of carbonyl (C=O) groups is 1. The zero-order valence-corrected chi connectivity index (χ0v) is 16.4. The number of benzene rings is 2. The SMILES string of the molecule is CCc1ccc(OC(C)C(=O)Nc2nonc2-c2ccc(OC)cc2C)cc1. The molecule has 1 heterocycles. The predicted octanol–water partition coefficient (Wildman–Crippen LogP) is 4.02. The van der Waals surface area contributed by atoms with Gasteiger partial charge >= 0.3 is 0 Å². The molecule has 0 saturated carbocycles. The van der Waals surface area contributed by atoms with Gasteiger partial charge in [0.1, 0.15) is 11.5 Å². The summed E-state index contributed by atoms with van der Waals surface area (Å²) in [5.74, 6) is 1.27. The normalized spacial score (nSPS) is 11.7. The molecule has 3 aromatic rings. The first-order valence-corrected chi connectivity index (χ1v) is 9.05. The zero-order valence-electron chi connectivity index (χ0n) is 16.4. The Morgan fingerprint density at radius 1 is 1.14 bits per heavy atom. The summed E-state index contributed by atoms with van der Waals surface area (Å²) in [6, 6.07) is 13.2. The lowest BCUT2D eigenvalue weighted by atomic mass is 10.1. The molecule has 1 amide bonds. The summed E-state index contributed by atoms with van der Waals surface area (Å²) in [7, 11) is 1.61. The van der Waals surface area contributed by atoms with Crippen LogP contribution in [-0.4, -0.2) is 29.4 Å². The molecule has 0 saturated heterocycles. The number of anilines is 1. The number of hydrogen-bond acceptors (Lipinski definition) is 6. The largest absolute Gasteiger partial charge is 0.497 e. The fraction of sp³-hybridized carbons (Fsp3) is 0.286. The highest BCUT2D eigenvalue weighted by Gasteiger charge is 2.21. The lowest BCUT2D eigenvalue weighted by molar-refractivity contribution is -0.122. The average Bonchev–Trinajstić information content (AvgIpc) is 3.16. The van der Waals surface area contributed by atoms with Crippen molar-refractivity contribution in [3.05, 3.63) is 53.6 Å². The number of ether oxygens (including phenoxy) is 2. The molecule has 7 nitrogen and oxygen atoms in total. The van der Waals surface area contributed by atoms with Crippen LogP contribution in [0.2, 0.25) is 0 Å². The van der Waals surface area contributed by atoms with Gasteiger partial charge in [-0.2, -0.15) is 0 Å². The van der Waals surface area contributed by atoms with Crippen molar-refractivity contribution in [1.29, 1.82) is 0 Å². The molecule has 146 valence electrons. The summed E-state index contributed by atoms with van der Waals surface area (Å²) in [6.45, 7) is 5.68. The molecule has 0 aliphatic carbocycles. The Balaban J connectivity index is 1.71. The van der Waals surface area contributed by atoms with Gasteiger partial charge in [0.2, 0.25) is 5.82 Å². The maximum Gasteiger partial charge on any atom is 0.266 e. The Bertz CT molecular complexity index is 951. The molecule has 1 N–H and O–H groups in total. The zero-order chi connectivity index (χ0) is 20.1. The smallest absolute Gasteiger partial charge is 0.266 e. The molecule has 0 fully saturated rings. The molecule has 1 unspecified atom stereocenters. The summed E-state index contributed by atoms with van der Waals surface area (Å²) in [4.78, 5) is 12.5. The van der Waals surface area contributed by atoms with E-state index in [1.165, 1.54) is 5.56 Å². The minimum atomic E-state index is -0.714. The number of carbonyl (C=O) groups excluding carboxylic acids is 1. The molecule has 7 heteroatoms. The second-order valence-corrected chi connectivity index (χ2v) is 6.39. The van der Waals surface area contributed by atoms with Gasteiger partial charge < -0.3 is 14.8 Å². The molecule has 1 aromatic heterocycles. The van der Waals surface area contributed by atoms with Crippen molar-refractivity contribution in [1.82, 2.24) is 10.3 Å². The van der Waals surface area contributed by atoms with E-state index >= 15 is 0 Å². The van der Waals surface area contributed by atoms with E-state index in [0.717, 1.165) is 23.3 Å². The predicted molar refractivity (Wildman–Crippen MR) is 106 cm³/mol. The third-order valence-corrected chi connectivity index (χ3v) is 4.43. The molecule has 2 aromatic carbocycles. The number of rotatable bonds is 7. The van der Waals surface area contributed by atoms with Crippen LogP contribution < -0.4 is 14.8 Å². The van der Waals surface area contributed by atoms with Gasteiger partial charge in [0.05, 0.1) is 7.11 Å². The number of nitrogens with zero attached hydrogens (tertiary/aromatic N) is 2. The van der Waals surface area contributed by atoms with Crippen LogP contribution in [0.1, 0.15) is 25.0 Å². The number of nitrogens with one attached hydrogen (secondary N) is 1. The number of methoxy groups -OCH3 is 1. The van der Waals surface area contributed by atoms with Crippen molar-refractivity contribution in [2.24, 2.45) is 0 Å². The van der Waals surface area contributed by atoms with Crippen molar-refractivity contribution in [3.8, 4) is 22.8 Å². The van der Waals surface area contributed by atoms with Gasteiger partial charge in [-0.25, -0.2) is 4.63 Å². The maximum atomic E-state index is 12.5. The molecule has 0 radical (unpaired) electrons. The summed E-state index contributed by atoms with van der Waals surface area (Å²) in [5, 5.41) is 10.5. The minimum Gasteiger partial charge on any atom is -0.497 e. The lowest BCUT2D eigenvalue weighted by Crippen LogP contribution is -2.30. The Morgan fingerprint density at radius 2 is 1.86 bits per heavy atom. The van der Waals surface area contributed by atoms with Crippen LogP contribution in [0.5, 0.6) is 11.5 Å². The highest BCUT2D eigenvalue weighted by Crippen LogP contribution is 2.30. The molecular formula is C21H23N3O4. The van der Waals surface area contributed by atoms with E-state index in [9.17, 15) is 4.79 Å². The topological polar surface area (TPSA) is 86.5 Å². The first kappa shape index (κ1) is 19.4. The number of aromatic nitrogens is 2. The van der Waals surface area contributed by atoms with Gasteiger partial charge in [0.15, 0.2) is 11.8 Å². The summed E-state index contributed by atoms with van der Waals surface area (Å²) in [5.41, 5.74) is 3.37. The standard InChI is InChI=1S/C21H23N3O4/c1-5-15-6-8-16(9-7-15)27-14(3)21(25)22-20-19(23-28-24-20)18-11-10-17(26-4)12-13(18)2/h6-12,14H,5H2,1-4H3,(H,22,24,25). The molecule has 28 heavy (non-hydrogen) atoms. The highest BCUT2D eigenvalue weighted by molar-refractivity contribution is 5.96. The minimum absolute atomic E-state index is 0.245. The Labute approximate surface area is 163 Å². The maximum absolute atomic E-state index is 12.5. The monoisotopic (exact) mass is 381 g/mol. The Morgan fingerprint density at radius 3 is 2.50 bits per heavy atom. The molecule has 1 atom stereocenters. The van der Waals surface area contributed by atoms with Gasteiger partial charge in [-0.05, 0) is 72.0 Å². The average molecular weight is 381 g/mol. The van der Waals surface area contributed by atoms with Crippen LogP contribution in [0.25, 0.3) is 11.3 Å². The van der Waals surface area contributed by atoms with Crippen LogP contribution in [-0.2, 0) is 11.2 Å². The van der Waals surface area contributed by atoms with Gasteiger partial charge in [0, 0.05) is 5.56 Å². The van der Waals surface area contributed by atoms with Crippen molar-refractivity contribution >= 4 is 11.7 Å². The number of amides is 1. The molecule has 0 aliphatic rings. The van der Waals surface area contributed by atoms with Crippen molar-refractivity contribution in [2.75, 3.05) is 12.4 Å². The van der Waals surface area contributed by atoms with Gasteiger partial charge in [0.25, 0.3) is 5.91 Å². The molecule has 0 bridgehead atoms. The van der Waals surface area contributed by atoms with Crippen LogP contribution in [0, 0.1) is 6.92 Å². The van der Waals surface area contributed by atoms with Crippen LogP contribution in [0.4, 0.5) is 5.82 Å². The number of hydrogen-bond donors (Lipinski definition) is 1. The van der Waals surface area contributed by atoms with Gasteiger partial charge in [-0.3, -0.25) is 4.79 Å². The van der Waals surface area contributed by atoms with Crippen LogP contribution in [0.3, 0.4) is 0 Å². The summed E-state index contributed by atoms with van der Waals surface area (Å²) in [6.07, 6.45) is 0.234. The Hall–Kier alpha value is -3.35. The first-order chi connectivity index (χ1) is 13.5. The second kappa shape index (κ2) is 8.56. The van der Waals surface area contributed by atoms with Crippen molar-refractivity contribution in [3.63, 3.8) is 0 Å². The quantitative estimate of drug-likeness (QED) is 0.665. The van der Waals surface area contributed by atoms with Crippen molar-refractivity contribution < 1.29 is 18.9 Å². The van der Waals surface area contributed by atoms with E-state index in [2.05, 4.69) is 22.6 Å². The van der Waals surface area contributed by atoms with E-state index in [1.54, 1.807) is 14.0 Å². The fourth-order valence-corrected chi connectivity index (χ4v) is 2.76. The van der Waals surface area contributed by atoms with E-state index < -0.39 is 6.10 Å². The van der Waals surface area contributed by atoms with Gasteiger partial charge in [-0.1, -0.05) is 19.1 Å². The van der Waals surface area contributed by atoms with E-state index in [1.807, 2.05) is 49.4 Å². The van der Waals surface area contributed by atoms with Crippen LogP contribution in [0.15, 0.2) is 47.1 Å². The number of aryl methyl sites for hydroxylation is 2. The van der Waals surface area contributed by atoms with Gasteiger partial charge in [-0.15, -0.1) is 0 Å². The molecule has 0 aliphatic heterocycles. The van der Waals surface area contributed by atoms with Crippen LogP contribution >= 0.6 is 0 Å². The van der Waals surface area contributed by atoms with E-state index in [4.69, 9.17) is 14.1 Å². The third-order valence-electron chi connectivity index (χ3n) is 4.43. The lowest BCUT2D eigenvalue weighted by Gasteiger charge is -2.14. The highest BCUT2D eigenvalue weighted by atomic mass is 16.6. The molecular weight excluding hydrogens is 358 g/mol. The fourth-order valence-electron chi connectivity index (χ4n) is 2.76. The second-order valence-electron chi connectivity index (χ2n) is 6.39. The molecule has 0 spiro atoms. The summed E-state index contributed by atoms with van der Waals surface area (Å²) >= 11 is 0. The Kier molecular flexibility index (Phi) is 5.93. The first-order valence-electron chi connectivity index (χ1n) is 9.05.